The maximum atomic E-state index is 5.98. The van der Waals surface area contributed by atoms with Gasteiger partial charge >= 0.3 is 0 Å². The van der Waals surface area contributed by atoms with Gasteiger partial charge in [-0.25, -0.2) is 0 Å². The van der Waals surface area contributed by atoms with Crippen molar-refractivity contribution >= 4 is 11.4 Å². The van der Waals surface area contributed by atoms with Gasteiger partial charge in [-0.1, -0.05) is 0 Å². The number of nitrogens with zero attached hydrogens (tertiary/aromatic N) is 1. The molecule has 3 rings (SSSR count). The van der Waals surface area contributed by atoms with Gasteiger partial charge in [-0.3, -0.25) is 0 Å². The van der Waals surface area contributed by atoms with E-state index in [2.05, 4.69) is 35.3 Å². The molecule has 1 saturated heterocycles. The summed E-state index contributed by atoms with van der Waals surface area (Å²) in [5.74, 6) is 0. The Morgan fingerprint density at radius 3 is 2.45 bits per heavy atom. The molecule has 0 spiro atoms. The number of benzene rings is 1. The van der Waals surface area contributed by atoms with E-state index in [9.17, 15) is 0 Å². The average molecular weight is 273 g/mol. The van der Waals surface area contributed by atoms with E-state index in [1.54, 1.807) is 0 Å². The first-order chi connectivity index (χ1) is 9.72. The number of hydrogen-bond donors (Lipinski definition) is 2. The van der Waals surface area contributed by atoms with Gasteiger partial charge in [0.05, 0.1) is 0 Å². The van der Waals surface area contributed by atoms with Gasteiger partial charge < -0.3 is 16.0 Å². The van der Waals surface area contributed by atoms with Crippen LogP contribution in [0.4, 0.5) is 11.4 Å². The monoisotopic (exact) mass is 273 g/mol. The van der Waals surface area contributed by atoms with Crippen molar-refractivity contribution in [3.8, 4) is 0 Å². The summed E-state index contributed by atoms with van der Waals surface area (Å²) >= 11 is 0. The Bertz CT molecular complexity index is 444. The van der Waals surface area contributed by atoms with Crippen molar-refractivity contribution in [3.63, 3.8) is 0 Å². The van der Waals surface area contributed by atoms with Crippen molar-refractivity contribution in [1.29, 1.82) is 0 Å². The molecule has 0 aromatic heterocycles. The Labute approximate surface area is 122 Å². The average Bonchev–Trinajstić information content (AvgIpc) is 2.97. The Kier molecular flexibility index (Phi) is 4.16. The van der Waals surface area contributed by atoms with Crippen LogP contribution in [-0.4, -0.2) is 25.2 Å². The van der Waals surface area contributed by atoms with Crippen molar-refractivity contribution in [2.75, 3.05) is 23.3 Å². The van der Waals surface area contributed by atoms with Crippen LogP contribution in [0.1, 0.15) is 44.1 Å². The number of nitrogens with two attached hydrogens (primary N) is 1. The summed E-state index contributed by atoms with van der Waals surface area (Å²) in [5.41, 5.74) is 10.0. The molecular weight excluding hydrogens is 246 g/mol. The van der Waals surface area contributed by atoms with Crippen LogP contribution < -0.4 is 16.0 Å². The molecule has 110 valence electrons. The van der Waals surface area contributed by atoms with Gasteiger partial charge in [0.25, 0.3) is 0 Å². The van der Waals surface area contributed by atoms with Crippen molar-refractivity contribution in [2.45, 2.75) is 57.5 Å². The van der Waals surface area contributed by atoms with Gasteiger partial charge in [-0.15, -0.1) is 0 Å². The standard InChI is InChI=1S/C17H27N3/c1-13-12-16(20-10-2-3-11-20)8-9-17(13)19-15-6-4-14(18)5-7-15/h8-9,12,14-15,19H,2-7,10-11,18H2,1H3. The van der Waals surface area contributed by atoms with E-state index in [0.717, 1.165) is 12.8 Å². The van der Waals surface area contributed by atoms with Crippen LogP contribution >= 0.6 is 0 Å². The minimum Gasteiger partial charge on any atom is -0.382 e. The molecule has 0 radical (unpaired) electrons. The van der Waals surface area contributed by atoms with Crippen molar-refractivity contribution in [1.82, 2.24) is 0 Å². The Hall–Kier alpha value is -1.22. The second-order valence-corrected chi connectivity index (χ2v) is 6.45. The normalized spacial score (nSPS) is 26.8. The first-order valence-electron chi connectivity index (χ1n) is 8.10. The number of hydrogen-bond acceptors (Lipinski definition) is 3. The molecule has 0 amide bonds. The van der Waals surface area contributed by atoms with E-state index >= 15 is 0 Å². The molecule has 1 saturated carbocycles. The highest BCUT2D eigenvalue weighted by Gasteiger charge is 2.19. The van der Waals surface area contributed by atoms with E-state index in [4.69, 9.17) is 5.73 Å². The maximum absolute atomic E-state index is 5.98. The highest BCUT2D eigenvalue weighted by atomic mass is 15.1. The number of anilines is 2. The van der Waals surface area contributed by atoms with Crippen LogP contribution in [0.3, 0.4) is 0 Å². The molecule has 1 aliphatic heterocycles. The van der Waals surface area contributed by atoms with Gasteiger partial charge in [-0.2, -0.15) is 0 Å². The van der Waals surface area contributed by atoms with Gasteiger partial charge in [0.2, 0.25) is 0 Å². The first-order valence-corrected chi connectivity index (χ1v) is 8.10. The SMILES string of the molecule is Cc1cc(N2CCCC2)ccc1NC1CCC(N)CC1. The van der Waals surface area contributed by atoms with Crippen LogP contribution in [0.15, 0.2) is 18.2 Å². The smallest absolute Gasteiger partial charge is 0.0373 e. The zero-order chi connectivity index (χ0) is 13.9. The lowest BCUT2D eigenvalue weighted by atomic mass is 9.91. The van der Waals surface area contributed by atoms with Crippen molar-refractivity contribution < 1.29 is 0 Å². The molecule has 1 aliphatic carbocycles. The molecule has 2 fully saturated rings. The fourth-order valence-electron chi connectivity index (χ4n) is 3.47. The van der Waals surface area contributed by atoms with Crippen LogP contribution in [-0.2, 0) is 0 Å². The van der Waals surface area contributed by atoms with Crippen molar-refractivity contribution in [3.05, 3.63) is 23.8 Å². The largest absolute Gasteiger partial charge is 0.382 e. The molecule has 0 unspecified atom stereocenters. The Balaban J connectivity index is 1.65. The summed E-state index contributed by atoms with van der Waals surface area (Å²) in [7, 11) is 0. The zero-order valence-corrected chi connectivity index (χ0v) is 12.6. The summed E-state index contributed by atoms with van der Waals surface area (Å²) in [5, 5.41) is 3.71. The summed E-state index contributed by atoms with van der Waals surface area (Å²) in [6, 6.07) is 7.90. The maximum Gasteiger partial charge on any atom is 0.0373 e. The van der Waals surface area contributed by atoms with E-state index < -0.39 is 0 Å². The predicted molar refractivity (Wildman–Crippen MR) is 86.5 cm³/mol. The molecule has 2 aliphatic rings. The molecule has 3 heteroatoms. The van der Waals surface area contributed by atoms with Crippen molar-refractivity contribution in [2.24, 2.45) is 5.73 Å². The third-order valence-corrected chi connectivity index (χ3v) is 4.81. The molecule has 0 bridgehead atoms. The van der Waals surface area contributed by atoms with Crippen LogP contribution in [0.25, 0.3) is 0 Å². The number of aryl methyl sites for hydroxylation is 1. The van der Waals surface area contributed by atoms with E-state index in [1.165, 1.54) is 55.7 Å². The first kappa shape index (κ1) is 13.7. The molecule has 20 heavy (non-hydrogen) atoms. The summed E-state index contributed by atoms with van der Waals surface area (Å²) < 4.78 is 0. The highest BCUT2D eigenvalue weighted by molar-refractivity contribution is 5.60. The minimum absolute atomic E-state index is 0.423. The third-order valence-electron chi connectivity index (χ3n) is 4.81. The quantitative estimate of drug-likeness (QED) is 0.888. The molecule has 1 heterocycles. The fourth-order valence-corrected chi connectivity index (χ4v) is 3.47. The molecule has 1 aromatic carbocycles. The molecule has 3 nitrogen and oxygen atoms in total. The second-order valence-electron chi connectivity index (χ2n) is 6.45. The summed E-state index contributed by atoms with van der Waals surface area (Å²) in [6.07, 6.45) is 7.39. The fraction of sp³-hybridized carbons (Fsp3) is 0.647. The van der Waals surface area contributed by atoms with Crippen LogP contribution in [0.5, 0.6) is 0 Å². The lowest BCUT2D eigenvalue weighted by molar-refractivity contribution is 0.411. The number of rotatable bonds is 3. The van der Waals surface area contributed by atoms with Crippen LogP contribution in [0, 0.1) is 6.92 Å². The van der Waals surface area contributed by atoms with Gasteiger partial charge in [0, 0.05) is 36.5 Å². The highest BCUT2D eigenvalue weighted by Crippen LogP contribution is 2.28. The molecule has 1 aromatic rings. The lowest BCUT2D eigenvalue weighted by Gasteiger charge is -2.28. The Morgan fingerprint density at radius 1 is 1.10 bits per heavy atom. The van der Waals surface area contributed by atoms with E-state index in [1.807, 2.05) is 0 Å². The van der Waals surface area contributed by atoms with Gasteiger partial charge in [0.15, 0.2) is 0 Å². The molecular formula is C17H27N3. The van der Waals surface area contributed by atoms with Crippen LogP contribution in [0.2, 0.25) is 0 Å². The Morgan fingerprint density at radius 2 is 1.80 bits per heavy atom. The predicted octanol–water partition coefficient (Wildman–Crippen LogP) is 3.28. The number of nitrogens with one attached hydrogen (secondary N) is 1. The van der Waals surface area contributed by atoms with E-state index in [-0.39, 0.29) is 0 Å². The summed E-state index contributed by atoms with van der Waals surface area (Å²) in [6.45, 7) is 4.65. The van der Waals surface area contributed by atoms with Gasteiger partial charge in [0.1, 0.15) is 0 Å². The van der Waals surface area contributed by atoms with E-state index in [0.29, 0.717) is 12.1 Å². The lowest BCUT2D eigenvalue weighted by Crippen LogP contribution is -2.33. The van der Waals surface area contributed by atoms with Gasteiger partial charge in [-0.05, 0) is 69.2 Å². The third kappa shape index (κ3) is 3.09. The molecule has 0 atom stereocenters. The summed E-state index contributed by atoms with van der Waals surface area (Å²) in [4.78, 5) is 2.50. The second kappa shape index (κ2) is 6.04. The topological polar surface area (TPSA) is 41.3 Å². The molecule has 3 N–H and O–H groups in total. The zero-order valence-electron chi connectivity index (χ0n) is 12.6. The minimum atomic E-state index is 0.423.